The van der Waals surface area contributed by atoms with Gasteiger partial charge in [0.2, 0.25) is 0 Å². The zero-order valence-electron chi connectivity index (χ0n) is 12.5. The number of aliphatic carboxylic acids is 1. The number of carbonyl (C=O) groups is 1. The van der Waals surface area contributed by atoms with Gasteiger partial charge in [0.25, 0.3) is 0 Å². The number of furan rings is 1. The molecule has 0 aliphatic rings. The molecule has 0 radical (unpaired) electrons. The molecule has 0 saturated carbocycles. The van der Waals surface area contributed by atoms with Crippen molar-refractivity contribution in [3.8, 4) is 11.5 Å². The summed E-state index contributed by atoms with van der Waals surface area (Å²) in [7, 11) is 0. The van der Waals surface area contributed by atoms with Crippen LogP contribution in [0.15, 0.2) is 22.7 Å². The van der Waals surface area contributed by atoms with E-state index in [1.165, 1.54) is 0 Å². The van der Waals surface area contributed by atoms with Gasteiger partial charge in [0, 0.05) is 12.1 Å². The molecular formula is C15H21N3O3. The third kappa shape index (κ3) is 3.95. The molecule has 0 bridgehead atoms. The van der Waals surface area contributed by atoms with Crippen molar-refractivity contribution >= 4 is 5.97 Å². The third-order valence-corrected chi connectivity index (χ3v) is 3.25. The topological polar surface area (TPSA) is 91.2 Å². The fraction of sp³-hybridized carbons (Fsp3) is 0.467. The molecule has 0 aliphatic heterocycles. The standard InChI is InChI=1S/C15H21N3O3/c1-9(2)6-12(15(19)20)16-7-11-8-17-18-14(11)13-5-4-10(3)21-13/h4-5,8-9,12,16H,6-7H2,1-3H3,(H,17,18)(H,19,20). The fourth-order valence-corrected chi connectivity index (χ4v) is 2.20. The fourth-order valence-electron chi connectivity index (χ4n) is 2.20. The van der Waals surface area contributed by atoms with Gasteiger partial charge in [-0.25, -0.2) is 0 Å². The first kappa shape index (κ1) is 15.3. The number of aromatic nitrogens is 2. The van der Waals surface area contributed by atoms with Crippen molar-refractivity contribution in [2.45, 2.75) is 39.8 Å². The first-order valence-corrected chi connectivity index (χ1v) is 7.02. The highest BCUT2D eigenvalue weighted by atomic mass is 16.4. The van der Waals surface area contributed by atoms with Crippen LogP contribution in [-0.2, 0) is 11.3 Å². The second kappa shape index (κ2) is 6.58. The van der Waals surface area contributed by atoms with Gasteiger partial charge in [0.15, 0.2) is 5.76 Å². The molecule has 1 unspecified atom stereocenters. The zero-order valence-corrected chi connectivity index (χ0v) is 12.5. The van der Waals surface area contributed by atoms with Crippen molar-refractivity contribution in [3.63, 3.8) is 0 Å². The average Bonchev–Trinajstić information content (AvgIpc) is 3.02. The summed E-state index contributed by atoms with van der Waals surface area (Å²) in [5.41, 5.74) is 1.67. The molecule has 0 spiro atoms. The number of hydrogen-bond donors (Lipinski definition) is 3. The normalized spacial score (nSPS) is 12.8. The van der Waals surface area contributed by atoms with Crippen LogP contribution in [0.5, 0.6) is 0 Å². The molecule has 6 nitrogen and oxygen atoms in total. The molecule has 0 fully saturated rings. The Labute approximate surface area is 123 Å². The second-order valence-electron chi connectivity index (χ2n) is 5.58. The maximum absolute atomic E-state index is 11.2. The van der Waals surface area contributed by atoms with E-state index in [1.807, 2.05) is 32.9 Å². The van der Waals surface area contributed by atoms with Crippen molar-refractivity contribution in [2.24, 2.45) is 5.92 Å². The molecular weight excluding hydrogens is 270 g/mol. The molecule has 2 aromatic heterocycles. The van der Waals surface area contributed by atoms with Crippen molar-refractivity contribution in [1.82, 2.24) is 15.5 Å². The minimum Gasteiger partial charge on any atom is -0.480 e. The van der Waals surface area contributed by atoms with Gasteiger partial charge in [0.05, 0.1) is 6.20 Å². The van der Waals surface area contributed by atoms with Gasteiger partial charge in [0.1, 0.15) is 17.5 Å². The minimum absolute atomic E-state index is 0.315. The highest BCUT2D eigenvalue weighted by Crippen LogP contribution is 2.23. The lowest BCUT2D eigenvalue weighted by Crippen LogP contribution is -2.37. The summed E-state index contributed by atoms with van der Waals surface area (Å²) < 4.78 is 5.57. The van der Waals surface area contributed by atoms with Crippen LogP contribution in [0.2, 0.25) is 0 Å². The van der Waals surface area contributed by atoms with Crippen LogP contribution in [0.3, 0.4) is 0 Å². The van der Waals surface area contributed by atoms with Crippen LogP contribution in [0.4, 0.5) is 0 Å². The quantitative estimate of drug-likeness (QED) is 0.729. The zero-order chi connectivity index (χ0) is 15.4. The first-order chi connectivity index (χ1) is 9.97. The second-order valence-corrected chi connectivity index (χ2v) is 5.58. The van der Waals surface area contributed by atoms with Crippen LogP contribution in [-0.4, -0.2) is 27.3 Å². The average molecular weight is 291 g/mol. The number of carboxylic acids is 1. The van der Waals surface area contributed by atoms with E-state index in [0.29, 0.717) is 24.6 Å². The van der Waals surface area contributed by atoms with Gasteiger partial charge in [-0.2, -0.15) is 5.10 Å². The van der Waals surface area contributed by atoms with Gasteiger partial charge >= 0.3 is 5.97 Å². The van der Waals surface area contributed by atoms with E-state index in [0.717, 1.165) is 17.0 Å². The van der Waals surface area contributed by atoms with Crippen LogP contribution < -0.4 is 5.32 Å². The summed E-state index contributed by atoms with van der Waals surface area (Å²) >= 11 is 0. The van der Waals surface area contributed by atoms with E-state index in [2.05, 4.69) is 15.5 Å². The molecule has 2 heterocycles. The lowest BCUT2D eigenvalue weighted by atomic mass is 10.0. The predicted molar refractivity (Wildman–Crippen MR) is 78.7 cm³/mol. The third-order valence-electron chi connectivity index (χ3n) is 3.25. The van der Waals surface area contributed by atoms with E-state index in [4.69, 9.17) is 4.42 Å². The maximum Gasteiger partial charge on any atom is 0.320 e. The van der Waals surface area contributed by atoms with Crippen molar-refractivity contribution in [3.05, 3.63) is 29.7 Å². The maximum atomic E-state index is 11.2. The van der Waals surface area contributed by atoms with Crippen LogP contribution in [0.1, 0.15) is 31.6 Å². The molecule has 0 aliphatic carbocycles. The van der Waals surface area contributed by atoms with E-state index < -0.39 is 12.0 Å². The van der Waals surface area contributed by atoms with Gasteiger partial charge in [-0.1, -0.05) is 13.8 Å². The molecule has 0 aromatic carbocycles. The van der Waals surface area contributed by atoms with E-state index in [1.54, 1.807) is 6.20 Å². The predicted octanol–water partition coefficient (Wildman–Crippen LogP) is 2.57. The summed E-state index contributed by atoms with van der Waals surface area (Å²) in [4.78, 5) is 11.2. The molecule has 3 N–H and O–H groups in total. The molecule has 21 heavy (non-hydrogen) atoms. The highest BCUT2D eigenvalue weighted by molar-refractivity contribution is 5.73. The Balaban J connectivity index is 2.07. The van der Waals surface area contributed by atoms with Gasteiger partial charge in [-0.3, -0.25) is 9.89 Å². The molecule has 6 heteroatoms. The summed E-state index contributed by atoms with van der Waals surface area (Å²) in [6.45, 7) is 6.31. The smallest absolute Gasteiger partial charge is 0.320 e. The van der Waals surface area contributed by atoms with E-state index >= 15 is 0 Å². The van der Waals surface area contributed by atoms with Gasteiger partial charge in [-0.15, -0.1) is 0 Å². The number of aromatic amines is 1. The Bertz CT molecular complexity index is 601. The molecule has 2 rings (SSSR count). The minimum atomic E-state index is -0.831. The van der Waals surface area contributed by atoms with Crippen LogP contribution >= 0.6 is 0 Å². The van der Waals surface area contributed by atoms with Gasteiger partial charge < -0.3 is 14.8 Å². The summed E-state index contributed by atoms with van der Waals surface area (Å²) in [6, 6.07) is 3.19. The number of nitrogens with one attached hydrogen (secondary N) is 2. The van der Waals surface area contributed by atoms with E-state index in [-0.39, 0.29) is 0 Å². The number of H-pyrrole nitrogens is 1. The Morgan fingerprint density at radius 2 is 2.24 bits per heavy atom. The Morgan fingerprint density at radius 1 is 1.48 bits per heavy atom. The monoisotopic (exact) mass is 291 g/mol. The summed E-state index contributed by atoms with van der Waals surface area (Å²) in [5, 5.41) is 19.2. The summed E-state index contributed by atoms with van der Waals surface area (Å²) in [6.07, 6.45) is 2.27. The number of carboxylic acid groups (broad SMARTS) is 1. The largest absolute Gasteiger partial charge is 0.480 e. The molecule has 0 saturated heterocycles. The number of hydrogen-bond acceptors (Lipinski definition) is 4. The van der Waals surface area contributed by atoms with Crippen LogP contribution in [0, 0.1) is 12.8 Å². The van der Waals surface area contributed by atoms with Crippen molar-refractivity contribution < 1.29 is 14.3 Å². The summed E-state index contributed by atoms with van der Waals surface area (Å²) in [5.74, 6) is 1.01. The Kier molecular flexibility index (Phi) is 4.80. The van der Waals surface area contributed by atoms with Crippen LogP contribution in [0.25, 0.3) is 11.5 Å². The highest BCUT2D eigenvalue weighted by Gasteiger charge is 2.19. The lowest BCUT2D eigenvalue weighted by molar-refractivity contribution is -0.140. The molecule has 114 valence electrons. The Hall–Kier alpha value is -2.08. The SMILES string of the molecule is Cc1ccc(-c2[nH]ncc2CNC(CC(C)C)C(=O)O)o1. The molecule has 1 atom stereocenters. The first-order valence-electron chi connectivity index (χ1n) is 7.02. The number of aryl methyl sites for hydroxylation is 1. The molecule has 2 aromatic rings. The molecule has 0 amide bonds. The van der Waals surface area contributed by atoms with E-state index in [9.17, 15) is 9.90 Å². The lowest BCUT2D eigenvalue weighted by Gasteiger charge is -2.16. The van der Waals surface area contributed by atoms with Gasteiger partial charge in [-0.05, 0) is 31.4 Å². The van der Waals surface area contributed by atoms with Crippen molar-refractivity contribution in [1.29, 1.82) is 0 Å². The number of rotatable bonds is 7. The van der Waals surface area contributed by atoms with Crippen molar-refractivity contribution in [2.75, 3.05) is 0 Å². The Morgan fingerprint density at radius 3 is 2.81 bits per heavy atom. The number of nitrogens with zero attached hydrogens (tertiary/aromatic N) is 1.